The molecule has 2 heterocycles. The fraction of sp³-hybridized carbons (Fsp3) is 0.480. The predicted octanol–water partition coefficient (Wildman–Crippen LogP) is 2.83. The zero-order valence-corrected chi connectivity index (χ0v) is 21.0. The van der Waals surface area contributed by atoms with Gasteiger partial charge in [0.15, 0.2) is 11.5 Å². The molecule has 1 saturated heterocycles. The van der Waals surface area contributed by atoms with Crippen molar-refractivity contribution in [2.45, 2.75) is 59.2 Å². The maximum absolute atomic E-state index is 12.0. The van der Waals surface area contributed by atoms with Crippen LogP contribution in [0.15, 0.2) is 36.9 Å². The largest absolute Gasteiger partial charge is 0.364 e. The van der Waals surface area contributed by atoms with Crippen molar-refractivity contribution in [2.75, 3.05) is 23.7 Å². The second-order valence-electron chi connectivity index (χ2n) is 9.96. The van der Waals surface area contributed by atoms with Crippen molar-refractivity contribution in [3.63, 3.8) is 0 Å². The van der Waals surface area contributed by atoms with Gasteiger partial charge in [0.1, 0.15) is 0 Å². The van der Waals surface area contributed by atoms with E-state index in [1.54, 1.807) is 4.90 Å². The van der Waals surface area contributed by atoms with Gasteiger partial charge in [-0.3, -0.25) is 9.59 Å². The monoisotopic (exact) mass is 480 g/mol. The molecule has 1 aromatic heterocycles. The average molecular weight is 481 g/mol. The van der Waals surface area contributed by atoms with Gasteiger partial charge in [0.05, 0.1) is 0 Å². The van der Waals surface area contributed by atoms with Gasteiger partial charge in [-0.05, 0) is 49.0 Å². The summed E-state index contributed by atoms with van der Waals surface area (Å²) >= 11 is 0. The summed E-state index contributed by atoms with van der Waals surface area (Å²) in [6, 6.07) is 8.18. The van der Waals surface area contributed by atoms with Gasteiger partial charge in [-0.15, -0.1) is 10.2 Å². The second kappa shape index (κ2) is 11.3. The zero-order chi connectivity index (χ0) is 25.6. The normalized spacial score (nSPS) is 16.9. The molecule has 1 aliphatic rings. The Morgan fingerprint density at radius 1 is 1.26 bits per heavy atom. The predicted molar refractivity (Wildman–Crippen MR) is 137 cm³/mol. The van der Waals surface area contributed by atoms with E-state index >= 15 is 0 Å². The first-order valence-corrected chi connectivity index (χ1v) is 11.9. The highest BCUT2D eigenvalue weighted by Gasteiger charge is 2.24. The maximum atomic E-state index is 12.0. The molecule has 0 bridgehead atoms. The first kappa shape index (κ1) is 26.1. The highest BCUT2D eigenvalue weighted by Crippen LogP contribution is 2.22. The molecule has 1 aromatic carbocycles. The summed E-state index contributed by atoms with van der Waals surface area (Å²) in [4.78, 5) is 30.0. The van der Waals surface area contributed by atoms with Gasteiger partial charge in [-0.1, -0.05) is 39.5 Å². The first-order chi connectivity index (χ1) is 16.6. The van der Waals surface area contributed by atoms with Crippen LogP contribution in [0.1, 0.15) is 56.6 Å². The Hall–Kier alpha value is -3.53. The van der Waals surface area contributed by atoms with Crippen molar-refractivity contribution in [1.82, 2.24) is 25.4 Å². The van der Waals surface area contributed by atoms with E-state index in [4.69, 9.17) is 5.73 Å². The molecule has 1 fully saturated rings. The van der Waals surface area contributed by atoms with Crippen LogP contribution >= 0.6 is 0 Å². The number of nitrogens with two attached hydrogens (primary N) is 1. The lowest BCUT2D eigenvalue weighted by atomic mass is 9.88. The smallest absolute Gasteiger partial charge is 0.273 e. The fourth-order valence-corrected chi connectivity index (χ4v) is 3.67. The van der Waals surface area contributed by atoms with Crippen molar-refractivity contribution < 1.29 is 9.59 Å². The summed E-state index contributed by atoms with van der Waals surface area (Å²) in [6.07, 6.45) is 3.02. The van der Waals surface area contributed by atoms with Gasteiger partial charge >= 0.3 is 0 Å². The van der Waals surface area contributed by atoms with Crippen LogP contribution in [0, 0.1) is 5.41 Å². The molecule has 0 spiro atoms. The number of carbonyl (C=O) groups excluding carboxylic acids is 2. The molecular formula is C25H36N8O2. The van der Waals surface area contributed by atoms with Crippen LogP contribution in [0.5, 0.6) is 0 Å². The first-order valence-electron chi connectivity index (χ1n) is 11.9. The summed E-state index contributed by atoms with van der Waals surface area (Å²) in [5.41, 5.74) is 7.50. The van der Waals surface area contributed by atoms with Gasteiger partial charge in [-0.25, -0.2) is 0 Å². The van der Waals surface area contributed by atoms with Crippen LogP contribution in [0.4, 0.5) is 17.5 Å². The van der Waals surface area contributed by atoms with E-state index in [-0.39, 0.29) is 34.8 Å². The lowest BCUT2D eigenvalue weighted by Crippen LogP contribution is -2.44. The van der Waals surface area contributed by atoms with Crippen molar-refractivity contribution in [1.29, 1.82) is 0 Å². The van der Waals surface area contributed by atoms with E-state index in [0.717, 1.165) is 30.6 Å². The fourth-order valence-electron chi connectivity index (χ4n) is 3.67. The number of piperidine rings is 1. The third kappa shape index (κ3) is 7.22. The van der Waals surface area contributed by atoms with E-state index in [1.807, 2.05) is 24.3 Å². The molecule has 10 nitrogen and oxygen atoms in total. The van der Waals surface area contributed by atoms with Crippen LogP contribution in [-0.2, 0) is 11.3 Å². The minimum Gasteiger partial charge on any atom is -0.364 e. The molecule has 2 aromatic rings. The van der Waals surface area contributed by atoms with Gasteiger partial charge in [0.25, 0.3) is 5.91 Å². The Morgan fingerprint density at radius 2 is 1.97 bits per heavy atom. The SMILES string of the molecule is C=CC(=O)N1CCCC(Nc2nnc(C(N)=O)c(Nc3ccc(CNC(C)C(C)(C)C)cc3)n2)C1. The van der Waals surface area contributed by atoms with E-state index in [1.165, 1.54) is 6.08 Å². The van der Waals surface area contributed by atoms with Gasteiger partial charge in [0, 0.05) is 37.4 Å². The molecule has 188 valence electrons. The Morgan fingerprint density at radius 3 is 2.60 bits per heavy atom. The van der Waals surface area contributed by atoms with Crippen LogP contribution in [0.2, 0.25) is 0 Å². The Balaban J connectivity index is 1.69. The summed E-state index contributed by atoms with van der Waals surface area (Å²) in [6.45, 7) is 14.3. The Labute approximate surface area is 206 Å². The summed E-state index contributed by atoms with van der Waals surface area (Å²) < 4.78 is 0. The zero-order valence-electron chi connectivity index (χ0n) is 21.0. The maximum Gasteiger partial charge on any atom is 0.273 e. The number of primary amides is 1. The summed E-state index contributed by atoms with van der Waals surface area (Å²) in [5.74, 6) is -0.352. The number of likely N-dealkylation sites (tertiary alicyclic amines) is 1. The number of carbonyl (C=O) groups is 2. The van der Waals surface area contributed by atoms with Crippen molar-refractivity contribution >= 4 is 29.3 Å². The van der Waals surface area contributed by atoms with Gasteiger partial charge in [-0.2, -0.15) is 4.98 Å². The van der Waals surface area contributed by atoms with Crippen LogP contribution < -0.4 is 21.7 Å². The summed E-state index contributed by atoms with van der Waals surface area (Å²) in [5, 5.41) is 17.9. The number of nitrogens with zero attached hydrogens (tertiary/aromatic N) is 4. The van der Waals surface area contributed by atoms with Crippen LogP contribution in [0.3, 0.4) is 0 Å². The molecule has 3 rings (SSSR count). The number of hydrogen-bond donors (Lipinski definition) is 4. The minimum atomic E-state index is -0.726. The Kier molecular flexibility index (Phi) is 8.39. The molecule has 10 heteroatoms. The number of hydrogen-bond acceptors (Lipinski definition) is 8. The molecule has 0 radical (unpaired) electrons. The number of aromatic nitrogens is 3. The number of nitrogens with one attached hydrogen (secondary N) is 3. The molecule has 5 N–H and O–H groups in total. The highest BCUT2D eigenvalue weighted by molar-refractivity contribution is 5.96. The van der Waals surface area contributed by atoms with Crippen LogP contribution in [0.25, 0.3) is 0 Å². The number of rotatable bonds is 9. The molecule has 2 atom stereocenters. The van der Waals surface area contributed by atoms with E-state index in [0.29, 0.717) is 19.1 Å². The second-order valence-corrected chi connectivity index (χ2v) is 9.96. The number of benzene rings is 1. The van der Waals surface area contributed by atoms with Crippen molar-refractivity contribution in [2.24, 2.45) is 11.1 Å². The molecule has 1 aliphatic heterocycles. The molecule has 2 unspecified atom stereocenters. The average Bonchev–Trinajstić information content (AvgIpc) is 2.82. The summed E-state index contributed by atoms with van der Waals surface area (Å²) in [7, 11) is 0. The van der Waals surface area contributed by atoms with E-state index in [2.05, 4.69) is 65.4 Å². The standard InChI is InChI=1S/C25H36N8O2/c1-6-20(34)33-13-7-8-19(15-33)29-24-30-23(21(22(26)35)31-32-24)28-18-11-9-17(10-12-18)14-27-16(2)25(3,4)5/h6,9-12,16,19,27H,1,7-8,13-15H2,2-5H3,(H2,26,35)(H2,28,29,30,32). The topological polar surface area (TPSA) is 138 Å². The third-order valence-electron chi connectivity index (χ3n) is 6.29. The molecule has 2 amide bonds. The lowest BCUT2D eigenvalue weighted by Gasteiger charge is -2.32. The lowest BCUT2D eigenvalue weighted by molar-refractivity contribution is -0.127. The van der Waals surface area contributed by atoms with Gasteiger partial charge < -0.3 is 26.6 Å². The molecule has 0 aliphatic carbocycles. The molecule has 35 heavy (non-hydrogen) atoms. The van der Waals surface area contributed by atoms with E-state index < -0.39 is 5.91 Å². The van der Waals surface area contributed by atoms with Crippen molar-refractivity contribution in [3.8, 4) is 0 Å². The van der Waals surface area contributed by atoms with Gasteiger partial charge in [0.2, 0.25) is 11.9 Å². The number of amides is 2. The van der Waals surface area contributed by atoms with Crippen LogP contribution in [-0.4, -0.2) is 57.1 Å². The number of anilines is 3. The highest BCUT2D eigenvalue weighted by atomic mass is 16.2. The molecule has 0 saturated carbocycles. The quantitative estimate of drug-likeness (QED) is 0.402. The van der Waals surface area contributed by atoms with Crippen molar-refractivity contribution in [3.05, 3.63) is 48.2 Å². The molecular weight excluding hydrogens is 444 g/mol. The third-order valence-corrected chi connectivity index (χ3v) is 6.29. The minimum absolute atomic E-state index is 0.0380. The van der Waals surface area contributed by atoms with E-state index in [9.17, 15) is 9.59 Å². The Bertz CT molecular complexity index is 1050.